The molecule has 2 unspecified atom stereocenters. The van der Waals surface area contributed by atoms with Gasteiger partial charge in [-0.2, -0.15) is 0 Å². The Bertz CT molecular complexity index is 674. The van der Waals surface area contributed by atoms with Crippen molar-refractivity contribution >= 4 is 39.2 Å². The van der Waals surface area contributed by atoms with Crippen LogP contribution in [0.25, 0.3) is 0 Å². The van der Waals surface area contributed by atoms with Crippen LogP contribution in [0.1, 0.15) is 25.0 Å². The average Bonchev–Trinajstić information content (AvgIpc) is 2.80. The highest BCUT2D eigenvalue weighted by atomic mass is 79.9. The summed E-state index contributed by atoms with van der Waals surface area (Å²) in [6, 6.07) is 1.72. The normalized spacial score (nSPS) is 17.7. The fourth-order valence-corrected chi connectivity index (χ4v) is 3.37. The molecule has 0 fully saturated rings. The van der Waals surface area contributed by atoms with Crippen LogP contribution in [-0.2, 0) is 22.4 Å². The summed E-state index contributed by atoms with van der Waals surface area (Å²) in [7, 11) is 0. The first kappa shape index (κ1) is 16.4. The standard InChI is InChI=1S/C14H15BrN2O5/c1-6(14(19)20)8-3-9-5-11(15)12(16-7(2)18)13(17(21)22)10(9)4-8/h5-6,8H,3-4H2,1-2H3,(H,16,18)(H,19,20). The van der Waals surface area contributed by atoms with E-state index < -0.39 is 22.7 Å². The monoisotopic (exact) mass is 370 g/mol. The summed E-state index contributed by atoms with van der Waals surface area (Å²) in [5, 5.41) is 23.0. The van der Waals surface area contributed by atoms with Gasteiger partial charge in [0, 0.05) is 17.0 Å². The molecule has 0 bridgehead atoms. The Balaban J connectivity index is 2.51. The van der Waals surface area contributed by atoms with Crippen LogP contribution in [0.5, 0.6) is 0 Å². The molecule has 2 rings (SSSR count). The summed E-state index contributed by atoms with van der Waals surface area (Å²) in [6.45, 7) is 2.88. The highest BCUT2D eigenvalue weighted by Gasteiger charge is 2.37. The minimum Gasteiger partial charge on any atom is -0.481 e. The van der Waals surface area contributed by atoms with E-state index >= 15 is 0 Å². The molecule has 1 amide bonds. The predicted octanol–water partition coefficient (Wildman–Crippen LogP) is 2.75. The molecule has 0 radical (unpaired) electrons. The van der Waals surface area contributed by atoms with Crippen molar-refractivity contribution in [3.05, 3.63) is 31.8 Å². The molecule has 0 aliphatic heterocycles. The number of anilines is 1. The molecule has 2 N–H and O–H groups in total. The van der Waals surface area contributed by atoms with Crippen molar-refractivity contribution in [1.29, 1.82) is 0 Å². The van der Waals surface area contributed by atoms with Crippen LogP contribution < -0.4 is 5.32 Å². The van der Waals surface area contributed by atoms with Gasteiger partial charge >= 0.3 is 5.97 Å². The number of carbonyl (C=O) groups is 2. The molecular formula is C14H15BrN2O5. The zero-order chi connectivity index (χ0) is 16.6. The summed E-state index contributed by atoms with van der Waals surface area (Å²) < 4.78 is 0.428. The van der Waals surface area contributed by atoms with Crippen molar-refractivity contribution in [2.45, 2.75) is 26.7 Å². The van der Waals surface area contributed by atoms with Gasteiger partial charge in [-0.25, -0.2) is 0 Å². The quantitative estimate of drug-likeness (QED) is 0.625. The van der Waals surface area contributed by atoms with Crippen LogP contribution in [0.15, 0.2) is 10.5 Å². The number of carboxylic acids is 1. The van der Waals surface area contributed by atoms with E-state index in [1.54, 1.807) is 13.0 Å². The lowest BCUT2D eigenvalue weighted by Gasteiger charge is -2.13. The molecular weight excluding hydrogens is 356 g/mol. The van der Waals surface area contributed by atoms with E-state index in [1.165, 1.54) is 6.92 Å². The molecule has 0 spiro atoms. The van der Waals surface area contributed by atoms with E-state index in [9.17, 15) is 19.7 Å². The number of nitrogens with one attached hydrogen (secondary N) is 1. The maximum Gasteiger partial charge on any atom is 0.306 e. The highest BCUT2D eigenvalue weighted by molar-refractivity contribution is 9.10. The summed E-state index contributed by atoms with van der Waals surface area (Å²) in [5.41, 5.74) is 1.24. The average molecular weight is 371 g/mol. The summed E-state index contributed by atoms with van der Waals surface area (Å²) >= 11 is 3.25. The number of rotatable bonds is 4. The van der Waals surface area contributed by atoms with Crippen molar-refractivity contribution in [2.75, 3.05) is 5.32 Å². The molecule has 0 saturated carbocycles. The molecule has 1 aromatic rings. The summed E-state index contributed by atoms with van der Waals surface area (Å²) in [6.07, 6.45) is 0.793. The van der Waals surface area contributed by atoms with E-state index in [0.29, 0.717) is 22.9 Å². The van der Waals surface area contributed by atoms with Gasteiger partial charge in [-0.15, -0.1) is 0 Å². The number of nitro groups is 1. The number of halogens is 1. The second-order valence-electron chi connectivity index (χ2n) is 5.45. The SMILES string of the molecule is CC(=O)Nc1c(Br)cc2c(c1[N+](=O)[O-])CC(C(C)C(=O)O)C2. The number of aliphatic carboxylic acids is 1. The topological polar surface area (TPSA) is 110 Å². The lowest BCUT2D eigenvalue weighted by molar-refractivity contribution is -0.384. The first-order chi connectivity index (χ1) is 10.2. The van der Waals surface area contributed by atoms with Gasteiger partial charge in [-0.3, -0.25) is 19.7 Å². The van der Waals surface area contributed by atoms with Crippen molar-refractivity contribution in [2.24, 2.45) is 11.8 Å². The molecule has 0 saturated heterocycles. The van der Waals surface area contributed by atoms with Gasteiger partial charge in [-0.1, -0.05) is 6.92 Å². The van der Waals surface area contributed by atoms with Gasteiger partial charge in [0.05, 0.1) is 10.8 Å². The number of hydrogen-bond donors (Lipinski definition) is 2. The third-order valence-electron chi connectivity index (χ3n) is 3.98. The van der Waals surface area contributed by atoms with Crippen LogP contribution in [-0.4, -0.2) is 21.9 Å². The Morgan fingerprint density at radius 2 is 2.14 bits per heavy atom. The number of hydrogen-bond acceptors (Lipinski definition) is 4. The number of fused-ring (bicyclic) bond motifs is 1. The Morgan fingerprint density at radius 3 is 2.64 bits per heavy atom. The number of nitro benzene ring substituents is 1. The zero-order valence-corrected chi connectivity index (χ0v) is 13.6. The lowest BCUT2D eigenvalue weighted by atomic mass is 9.91. The molecule has 22 heavy (non-hydrogen) atoms. The molecule has 2 atom stereocenters. The van der Waals surface area contributed by atoms with E-state index in [0.717, 1.165) is 5.56 Å². The highest BCUT2D eigenvalue weighted by Crippen LogP contribution is 2.44. The van der Waals surface area contributed by atoms with Crippen molar-refractivity contribution in [3.8, 4) is 0 Å². The number of amides is 1. The van der Waals surface area contributed by atoms with Crippen molar-refractivity contribution in [3.63, 3.8) is 0 Å². The minimum atomic E-state index is -0.915. The third-order valence-corrected chi connectivity index (χ3v) is 4.60. The van der Waals surface area contributed by atoms with Gasteiger partial charge in [0.1, 0.15) is 5.69 Å². The van der Waals surface area contributed by atoms with Crippen molar-refractivity contribution < 1.29 is 19.6 Å². The van der Waals surface area contributed by atoms with Gasteiger partial charge in [-0.05, 0) is 46.3 Å². The molecule has 7 nitrogen and oxygen atoms in total. The fraction of sp³-hybridized carbons (Fsp3) is 0.429. The Hall–Kier alpha value is -1.96. The molecule has 1 aromatic carbocycles. The van der Waals surface area contributed by atoms with Gasteiger partial charge in [0.2, 0.25) is 5.91 Å². The summed E-state index contributed by atoms with van der Waals surface area (Å²) in [5.74, 6) is -2.10. The Labute approximate surface area is 135 Å². The maximum absolute atomic E-state index is 11.4. The Morgan fingerprint density at radius 1 is 1.50 bits per heavy atom. The number of nitrogens with zero attached hydrogens (tertiary/aromatic N) is 1. The molecule has 0 heterocycles. The minimum absolute atomic E-state index is 0.125. The fourth-order valence-electron chi connectivity index (χ4n) is 2.81. The number of carbonyl (C=O) groups excluding carboxylic acids is 1. The number of benzene rings is 1. The van der Waals surface area contributed by atoms with Gasteiger partial charge < -0.3 is 10.4 Å². The first-order valence-corrected chi connectivity index (χ1v) is 7.50. The van der Waals surface area contributed by atoms with Crippen LogP contribution in [0.4, 0.5) is 11.4 Å². The van der Waals surface area contributed by atoms with E-state index in [2.05, 4.69) is 21.2 Å². The number of carboxylic acid groups (broad SMARTS) is 1. The molecule has 0 aromatic heterocycles. The molecule has 118 valence electrons. The van der Waals surface area contributed by atoms with E-state index in [4.69, 9.17) is 5.11 Å². The first-order valence-electron chi connectivity index (χ1n) is 6.71. The second kappa shape index (κ2) is 6.04. The Kier molecular flexibility index (Phi) is 4.50. The predicted molar refractivity (Wildman–Crippen MR) is 82.8 cm³/mol. The van der Waals surface area contributed by atoms with Gasteiger partial charge in [0.25, 0.3) is 5.69 Å². The largest absolute Gasteiger partial charge is 0.481 e. The van der Waals surface area contributed by atoms with E-state index in [1.807, 2.05) is 0 Å². The molecule has 1 aliphatic carbocycles. The molecule has 1 aliphatic rings. The summed E-state index contributed by atoms with van der Waals surface area (Å²) in [4.78, 5) is 33.3. The lowest BCUT2D eigenvalue weighted by Crippen LogP contribution is -2.20. The van der Waals surface area contributed by atoms with Gasteiger partial charge in [0.15, 0.2) is 0 Å². The van der Waals surface area contributed by atoms with Crippen LogP contribution in [0, 0.1) is 22.0 Å². The van der Waals surface area contributed by atoms with Crippen LogP contribution in [0.2, 0.25) is 0 Å². The van der Waals surface area contributed by atoms with E-state index in [-0.39, 0.29) is 17.3 Å². The second-order valence-corrected chi connectivity index (χ2v) is 6.31. The third kappa shape index (κ3) is 2.96. The zero-order valence-electron chi connectivity index (χ0n) is 12.1. The smallest absolute Gasteiger partial charge is 0.306 e. The van der Waals surface area contributed by atoms with Crippen LogP contribution >= 0.6 is 15.9 Å². The van der Waals surface area contributed by atoms with Crippen molar-refractivity contribution in [1.82, 2.24) is 0 Å². The maximum atomic E-state index is 11.4. The van der Waals surface area contributed by atoms with Crippen LogP contribution in [0.3, 0.4) is 0 Å². The molecule has 8 heteroatoms.